The molecule has 6 nitrogen and oxygen atoms in total. The zero-order chi connectivity index (χ0) is 19.7. The molecule has 0 amide bonds. The van der Waals surface area contributed by atoms with E-state index in [0.717, 1.165) is 5.30 Å². The predicted octanol–water partition coefficient (Wildman–Crippen LogP) is -3.62. The Bertz CT molecular complexity index is 865. The molecule has 0 bridgehead atoms. The van der Waals surface area contributed by atoms with Gasteiger partial charge in [0, 0.05) is 0 Å². The summed E-state index contributed by atoms with van der Waals surface area (Å²) in [5.74, 6) is 0. The fourth-order valence-electron chi connectivity index (χ4n) is 2.63. The van der Waals surface area contributed by atoms with E-state index in [2.05, 4.69) is 0 Å². The number of hydrogen-bond acceptors (Lipinski definition) is 6. The average molecular weight is 418 g/mol. The highest BCUT2D eigenvalue weighted by Crippen LogP contribution is 2.35. The van der Waals surface area contributed by atoms with Gasteiger partial charge in [0.15, 0.2) is 0 Å². The molecule has 0 atom stereocenters. The minimum Gasteiger partial charge on any atom is -0.683 e. The summed E-state index contributed by atoms with van der Waals surface area (Å²) in [5.41, 5.74) is 0. The summed E-state index contributed by atoms with van der Waals surface area (Å²) in [4.78, 5) is 68.6. The van der Waals surface area contributed by atoms with Crippen molar-refractivity contribution in [2.45, 2.75) is 0 Å². The van der Waals surface area contributed by atoms with Crippen LogP contribution in [0.25, 0.3) is 0 Å². The van der Waals surface area contributed by atoms with Gasteiger partial charge in [-0.15, -0.1) is 15.9 Å². The van der Waals surface area contributed by atoms with E-state index >= 15 is 0 Å². The van der Waals surface area contributed by atoms with Crippen molar-refractivity contribution in [3.8, 4) is 0 Å². The van der Waals surface area contributed by atoms with Gasteiger partial charge in [-0.2, -0.15) is 0 Å². The number of rotatable bonds is 5. The Labute approximate surface area is 158 Å². The van der Waals surface area contributed by atoms with Gasteiger partial charge >= 0.3 is 0 Å². The lowest BCUT2D eigenvalue weighted by atomic mass is 10.3. The predicted molar refractivity (Wildman–Crippen MR) is 98.3 cm³/mol. The number of hydrogen-bond donors (Lipinski definition) is 0. The first-order chi connectivity index (χ1) is 12.7. The second-order valence-corrected chi connectivity index (χ2v) is 10.9. The van der Waals surface area contributed by atoms with Crippen LogP contribution in [0.3, 0.4) is 0 Å². The molecule has 0 unspecified atom stereocenters. The molecule has 0 saturated carbocycles. The van der Waals surface area contributed by atoms with Crippen molar-refractivity contribution in [2.75, 3.05) is 0 Å². The highest BCUT2D eigenvalue weighted by molar-refractivity contribution is 7.80. The third-order valence-corrected chi connectivity index (χ3v) is 8.05. The van der Waals surface area contributed by atoms with Crippen LogP contribution in [0.2, 0.25) is 0 Å². The molecule has 27 heavy (non-hydrogen) atoms. The van der Waals surface area contributed by atoms with Gasteiger partial charge in [-0.1, -0.05) is 54.6 Å². The Morgan fingerprint density at radius 2 is 0.889 bits per heavy atom. The van der Waals surface area contributed by atoms with Gasteiger partial charge in [-0.05, 0) is 48.1 Å². The van der Waals surface area contributed by atoms with Crippen LogP contribution in [0.15, 0.2) is 78.9 Å². The van der Waals surface area contributed by atoms with E-state index in [1.54, 1.807) is 24.3 Å². The summed E-state index contributed by atoms with van der Waals surface area (Å²) in [6.07, 6.45) is 0. The zero-order valence-corrected chi connectivity index (χ0v) is 16.5. The zero-order valence-electron chi connectivity index (χ0n) is 13.8. The molecule has 0 saturated heterocycles. The van der Waals surface area contributed by atoms with Crippen molar-refractivity contribution >= 4 is 50.3 Å². The minimum atomic E-state index is -4.94. The summed E-state index contributed by atoms with van der Waals surface area (Å²) in [6, 6.07) is 20.4. The Balaban J connectivity index is 2.17. The third-order valence-electron chi connectivity index (χ3n) is 3.82. The molecule has 0 heterocycles. The molecule has 0 spiro atoms. The summed E-state index contributed by atoms with van der Waals surface area (Å²) < 4.78 is 0. The van der Waals surface area contributed by atoms with Crippen LogP contribution in [0.5, 0.6) is 0 Å². The summed E-state index contributed by atoms with van der Waals surface area (Å²) in [5, 5.41) is 1.27. The SMILES string of the molecule is [O-][P+]([O-])([O-])c1cccc(P(c2ccccc2)c2cccc([P+]([O-])([O-])[O-])c2)c1. The molecule has 0 aliphatic rings. The quantitative estimate of drug-likeness (QED) is 0.392. The standard InChI is InChI=1S/C18H17O6P3/c19-26(20,21)17-10-4-8-15(12-17)25(14-6-2-1-3-7-14)16-9-5-11-18(13-16)27(22,23)24/h1-13H,(H2,19,20,21)(H2,22,23,24)/p-4. The smallest absolute Gasteiger partial charge is 0.0770 e. The van der Waals surface area contributed by atoms with Crippen molar-refractivity contribution < 1.29 is 29.4 Å². The van der Waals surface area contributed by atoms with Crippen LogP contribution in [0.1, 0.15) is 0 Å². The molecule has 0 fully saturated rings. The third kappa shape index (κ3) is 4.96. The summed E-state index contributed by atoms with van der Waals surface area (Å²) in [7, 11) is -11.2. The summed E-state index contributed by atoms with van der Waals surface area (Å²) in [6.45, 7) is 0. The van der Waals surface area contributed by atoms with E-state index < -0.39 is 23.8 Å². The van der Waals surface area contributed by atoms with Crippen molar-refractivity contribution in [2.24, 2.45) is 0 Å². The van der Waals surface area contributed by atoms with Crippen LogP contribution >= 0.6 is 23.8 Å². The van der Waals surface area contributed by atoms with Gasteiger partial charge in [0.05, 0.1) is 10.6 Å². The maximum Gasteiger partial charge on any atom is 0.0770 e. The highest BCUT2D eigenvalue weighted by Gasteiger charge is 2.19. The van der Waals surface area contributed by atoms with Crippen molar-refractivity contribution in [1.82, 2.24) is 0 Å². The van der Waals surface area contributed by atoms with Gasteiger partial charge in [0.1, 0.15) is 0 Å². The lowest BCUT2D eigenvalue weighted by Crippen LogP contribution is -2.42. The average Bonchev–Trinajstić information content (AvgIpc) is 2.62. The van der Waals surface area contributed by atoms with E-state index in [1.807, 2.05) is 18.2 Å². The van der Waals surface area contributed by atoms with Gasteiger partial charge in [0.25, 0.3) is 0 Å². The molecule has 140 valence electrons. The molecule has 3 aromatic rings. The molecule has 0 aliphatic carbocycles. The fourth-order valence-corrected chi connectivity index (χ4v) is 6.34. The van der Waals surface area contributed by atoms with Gasteiger partial charge in [0.2, 0.25) is 0 Å². The van der Waals surface area contributed by atoms with Gasteiger partial charge in [-0.25, -0.2) is 0 Å². The maximum atomic E-state index is 11.4. The topological polar surface area (TPSA) is 138 Å². The van der Waals surface area contributed by atoms with E-state index in [-0.39, 0.29) is 10.6 Å². The second kappa shape index (κ2) is 7.98. The van der Waals surface area contributed by atoms with Crippen LogP contribution in [-0.2, 0) is 0 Å². The molecule has 0 N–H and O–H groups in total. The number of benzene rings is 3. The second-order valence-electron chi connectivity index (χ2n) is 5.71. The molecule has 0 radical (unpaired) electrons. The first kappa shape index (κ1) is 20.4. The molecule has 9 heteroatoms. The maximum absolute atomic E-state index is 11.4. The first-order valence-electron chi connectivity index (χ1n) is 7.77. The lowest BCUT2D eigenvalue weighted by molar-refractivity contribution is -0.423. The molecular weight excluding hydrogens is 405 g/mol. The Morgan fingerprint density at radius 1 is 0.481 bits per heavy atom. The Kier molecular flexibility index (Phi) is 6.05. The van der Waals surface area contributed by atoms with Gasteiger partial charge < -0.3 is 29.4 Å². The highest BCUT2D eigenvalue weighted by atomic mass is 31.2. The molecule has 0 aromatic heterocycles. The minimum absolute atomic E-state index is 0.335. The normalized spacial score (nSPS) is 12.4. The molecule has 3 rings (SSSR count). The van der Waals surface area contributed by atoms with Crippen molar-refractivity contribution in [3.63, 3.8) is 0 Å². The molecular formula is C18H13O6P3-4. The van der Waals surface area contributed by atoms with Crippen LogP contribution in [0, 0.1) is 0 Å². The van der Waals surface area contributed by atoms with Crippen LogP contribution < -0.4 is 55.9 Å². The monoisotopic (exact) mass is 418 g/mol. The Hall–Kier alpha value is -1.29. The van der Waals surface area contributed by atoms with Crippen LogP contribution in [0.4, 0.5) is 0 Å². The summed E-state index contributed by atoms with van der Waals surface area (Å²) >= 11 is 0. The largest absolute Gasteiger partial charge is 0.683 e. The first-order valence-corrected chi connectivity index (χ1v) is 12.2. The Morgan fingerprint density at radius 3 is 1.30 bits per heavy atom. The fraction of sp³-hybridized carbons (Fsp3) is 0. The van der Waals surface area contributed by atoms with E-state index in [0.29, 0.717) is 10.6 Å². The van der Waals surface area contributed by atoms with Crippen molar-refractivity contribution in [1.29, 1.82) is 0 Å². The molecule has 3 aromatic carbocycles. The van der Waals surface area contributed by atoms with Crippen LogP contribution in [-0.4, -0.2) is 0 Å². The lowest BCUT2D eigenvalue weighted by Gasteiger charge is -2.42. The van der Waals surface area contributed by atoms with E-state index in [4.69, 9.17) is 0 Å². The molecule has 0 aliphatic heterocycles. The van der Waals surface area contributed by atoms with Crippen molar-refractivity contribution in [3.05, 3.63) is 78.9 Å². The van der Waals surface area contributed by atoms with Gasteiger partial charge in [-0.3, -0.25) is 0 Å². The van der Waals surface area contributed by atoms with E-state index in [1.165, 1.54) is 36.4 Å². The van der Waals surface area contributed by atoms with E-state index in [9.17, 15) is 29.4 Å².